The summed E-state index contributed by atoms with van der Waals surface area (Å²) in [6.45, 7) is 2.54. The van der Waals surface area contributed by atoms with Crippen molar-refractivity contribution in [2.75, 3.05) is 16.8 Å². The van der Waals surface area contributed by atoms with Gasteiger partial charge in [0.05, 0.1) is 0 Å². The van der Waals surface area contributed by atoms with E-state index >= 15 is 0 Å². The van der Waals surface area contributed by atoms with Gasteiger partial charge < -0.3 is 10.2 Å². The predicted octanol–water partition coefficient (Wildman–Crippen LogP) is 3.86. The van der Waals surface area contributed by atoms with Gasteiger partial charge in [-0.25, -0.2) is 14.4 Å². The first-order valence-corrected chi connectivity index (χ1v) is 9.34. The summed E-state index contributed by atoms with van der Waals surface area (Å²) in [6, 6.07) is 16.4. The number of para-hydroxylation sites is 1. The Morgan fingerprint density at radius 3 is 2.82 bits per heavy atom. The average Bonchev–Trinajstić information content (AvgIpc) is 3.05. The van der Waals surface area contributed by atoms with Crippen molar-refractivity contribution in [1.29, 1.82) is 0 Å². The van der Waals surface area contributed by atoms with Crippen LogP contribution in [0.2, 0.25) is 0 Å². The molecule has 1 aliphatic heterocycles. The third kappa shape index (κ3) is 3.58. The zero-order chi connectivity index (χ0) is 19.5. The maximum Gasteiger partial charge on any atom is 0.277 e. The Balaban J connectivity index is 1.46. The summed E-state index contributed by atoms with van der Waals surface area (Å²) in [5.74, 6) is 0.191. The van der Waals surface area contributed by atoms with Gasteiger partial charge in [-0.05, 0) is 43.0 Å². The highest BCUT2D eigenvalue weighted by molar-refractivity contribution is 6.06. The molecule has 1 amide bonds. The van der Waals surface area contributed by atoms with Gasteiger partial charge in [0.25, 0.3) is 5.91 Å². The molecule has 1 aromatic heterocycles. The number of hydrogen-bond donors (Lipinski definition) is 1. The van der Waals surface area contributed by atoms with Crippen LogP contribution in [0.5, 0.6) is 0 Å². The lowest BCUT2D eigenvalue weighted by Crippen LogP contribution is -2.36. The number of benzene rings is 2. The topological polar surface area (TPSA) is 58.1 Å². The number of nitrogens with zero attached hydrogens (tertiary/aromatic N) is 3. The van der Waals surface area contributed by atoms with E-state index < -0.39 is 0 Å². The lowest BCUT2D eigenvalue weighted by atomic mass is 10.1. The molecule has 2 aromatic carbocycles. The van der Waals surface area contributed by atoms with Crippen molar-refractivity contribution in [3.8, 4) is 0 Å². The van der Waals surface area contributed by atoms with Crippen LogP contribution < -0.4 is 10.2 Å². The first-order chi connectivity index (χ1) is 13.6. The van der Waals surface area contributed by atoms with E-state index in [1.165, 1.54) is 18.0 Å². The van der Waals surface area contributed by atoms with E-state index in [9.17, 15) is 9.18 Å². The van der Waals surface area contributed by atoms with Crippen molar-refractivity contribution in [2.24, 2.45) is 0 Å². The smallest absolute Gasteiger partial charge is 0.277 e. The van der Waals surface area contributed by atoms with Crippen molar-refractivity contribution in [2.45, 2.75) is 25.8 Å². The Morgan fingerprint density at radius 1 is 1.18 bits per heavy atom. The lowest BCUT2D eigenvalue weighted by molar-refractivity contribution is 0.0976. The van der Waals surface area contributed by atoms with Crippen LogP contribution in [0, 0.1) is 5.82 Å². The molecule has 28 heavy (non-hydrogen) atoms. The van der Waals surface area contributed by atoms with Crippen LogP contribution in [0.25, 0.3) is 0 Å². The Morgan fingerprint density at radius 2 is 1.96 bits per heavy atom. The van der Waals surface area contributed by atoms with E-state index in [-0.39, 0.29) is 17.8 Å². The minimum absolute atomic E-state index is 0.0809. The van der Waals surface area contributed by atoms with Crippen LogP contribution in [0.4, 0.5) is 15.9 Å². The van der Waals surface area contributed by atoms with Crippen LogP contribution in [0.3, 0.4) is 0 Å². The molecule has 4 rings (SSSR count). The van der Waals surface area contributed by atoms with Gasteiger partial charge >= 0.3 is 0 Å². The fraction of sp³-hybridized carbons (Fsp3) is 0.227. The maximum atomic E-state index is 13.7. The van der Waals surface area contributed by atoms with Gasteiger partial charge in [-0.15, -0.1) is 0 Å². The minimum Gasteiger partial charge on any atom is -0.370 e. The molecule has 0 saturated heterocycles. The zero-order valence-corrected chi connectivity index (χ0v) is 15.6. The quantitative estimate of drug-likeness (QED) is 0.735. The molecule has 0 radical (unpaired) electrons. The minimum atomic E-state index is -0.218. The molecule has 0 fully saturated rings. The second-order valence-corrected chi connectivity index (χ2v) is 6.91. The van der Waals surface area contributed by atoms with Crippen molar-refractivity contribution >= 4 is 17.4 Å². The maximum absolute atomic E-state index is 13.7. The SMILES string of the molecule is CC1Cc2ccccc2N1C(=O)c1cc(NCCc2ccccc2F)ncn1. The Labute approximate surface area is 163 Å². The lowest BCUT2D eigenvalue weighted by Gasteiger charge is -2.22. The van der Waals surface area contributed by atoms with Crippen LogP contribution in [0.1, 0.15) is 28.5 Å². The Bertz CT molecular complexity index is 1010. The summed E-state index contributed by atoms with van der Waals surface area (Å²) in [5, 5.41) is 3.15. The zero-order valence-electron chi connectivity index (χ0n) is 15.6. The summed E-state index contributed by atoms with van der Waals surface area (Å²) in [6.07, 6.45) is 2.74. The summed E-state index contributed by atoms with van der Waals surface area (Å²) in [7, 11) is 0. The van der Waals surface area contributed by atoms with Gasteiger partial charge in [-0.3, -0.25) is 4.79 Å². The number of aromatic nitrogens is 2. The van der Waals surface area contributed by atoms with Gasteiger partial charge in [0.2, 0.25) is 0 Å². The highest BCUT2D eigenvalue weighted by Gasteiger charge is 2.31. The third-order valence-corrected chi connectivity index (χ3v) is 4.97. The van der Waals surface area contributed by atoms with E-state index in [0.717, 1.165) is 12.1 Å². The second-order valence-electron chi connectivity index (χ2n) is 6.91. The number of carbonyl (C=O) groups is 1. The van der Waals surface area contributed by atoms with E-state index in [1.54, 1.807) is 23.1 Å². The van der Waals surface area contributed by atoms with Crippen molar-refractivity contribution in [1.82, 2.24) is 9.97 Å². The molecule has 1 unspecified atom stereocenters. The number of hydrogen-bond acceptors (Lipinski definition) is 4. The van der Waals surface area contributed by atoms with Gasteiger partial charge in [0.1, 0.15) is 23.7 Å². The molecule has 0 spiro atoms. The first-order valence-electron chi connectivity index (χ1n) is 9.34. The van der Waals surface area contributed by atoms with Gasteiger partial charge in [-0.2, -0.15) is 0 Å². The van der Waals surface area contributed by atoms with Gasteiger partial charge in [0.15, 0.2) is 0 Å². The number of anilines is 2. The molecule has 1 aliphatic rings. The van der Waals surface area contributed by atoms with E-state index in [2.05, 4.69) is 21.4 Å². The molecule has 3 aromatic rings. The van der Waals surface area contributed by atoms with E-state index in [4.69, 9.17) is 0 Å². The van der Waals surface area contributed by atoms with Gasteiger partial charge in [0, 0.05) is 24.3 Å². The van der Waals surface area contributed by atoms with Crippen LogP contribution in [-0.2, 0) is 12.8 Å². The number of rotatable bonds is 5. The average molecular weight is 376 g/mol. The summed E-state index contributed by atoms with van der Waals surface area (Å²) in [4.78, 5) is 23.2. The fourth-order valence-electron chi connectivity index (χ4n) is 3.60. The molecule has 2 heterocycles. The molecular formula is C22H21FN4O. The Kier molecular flexibility index (Phi) is 5.02. The van der Waals surface area contributed by atoms with Crippen LogP contribution >= 0.6 is 0 Å². The molecule has 0 bridgehead atoms. The summed E-state index contributed by atoms with van der Waals surface area (Å²) in [5.41, 5.74) is 3.09. The summed E-state index contributed by atoms with van der Waals surface area (Å²) >= 11 is 0. The predicted molar refractivity (Wildman–Crippen MR) is 107 cm³/mol. The molecule has 6 heteroatoms. The molecular weight excluding hydrogens is 355 g/mol. The number of nitrogens with one attached hydrogen (secondary N) is 1. The number of amides is 1. The molecule has 0 aliphatic carbocycles. The highest BCUT2D eigenvalue weighted by Crippen LogP contribution is 2.32. The van der Waals surface area contributed by atoms with Crippen molar-refractivity contribution in [3.63, 3.8) is 0 Å². The monoisotopic (exact) mass is 376 g/mol. The van der Waals surface area contributed by atoms with Crippen LogP contribution in [-0.4, -0.2) is 28.5 Å². The van der Waals surface area contributed by atoms with E-state index in [0.29, 0.717) is 30.0 Å². The second kappa shape index (κ2) is 7.76. The molecule has 5 nitrogen and oxygen atoms in total. The number of fused-ring (bicyclic) bond motifs is 1. The van der Waals surface area contributed by atoms with Crippen LogP contribution in [0.15, 0.2) is 60.9 Å². The van der Waals surface area contributed by atoms with Gasteiger partial charge in [-0.1, -0.05) is 36.4 Å². The molecule has 1 N–H and O–H groups in total. The molecule has 1 atom stereocenters. The largest absolute Gasteiger partial charge is 0.370 e. The van der Waals surface area contributed by atoms with Crippen molar-refractivity contribution < 1.29 is 9.18 Å². The fourth-order valence-corrected chi connectivity index (χ4v) is 3.60. The summed E-state index contributed by atoms with van der Waals surface area (Å²) < 4.78 is 13.7. The van der Waals surface area contributed by atoms with E-state index in [1.807, 2.05) is 31.2 Å². The standard InChI is InChI=1S/C22H21FN4O/c1-15-12-17-7-3-5-9-20(17)27(15)22(28)19-13-21(26-14-25-19)24-11-10-16-6-2-4-8-18(16)23/h2-9,13-15H,10-12H2,1H3,(H,24,25,26). The first kappa shape index (κ1) is 18.1. The molecule has 142 valence electrons. The third-order valence-electron chi connectivity index (χ3n) is 4.97. The normalized spacial score (nSPS) is 15.4. The highest BCUT2D eigenvalue weighted by atomic mass is 19.1. The Hall–Kier alpha value is -3.28. The van der Waals surface area contributed by atoms with Crippen molar-refractivity contribution in [3.05, 3.63) is 83.6 Å². The number of halogens is 1. The molecule has 0 saturated carbocycles. The number of carbonyl (C=O) groups excluding carboxylic acids is 1.